The third kappa shape index (κ3) is 3.66. The van der Waals surface area contributed by atoms with E-state index in [9.17, 15) is 22.8 Å². The van der Waals surface area contributed by atoms with Crippen LogP contribution in [0.4, 0.5) is 19.0 Å². The van der Waals surface area contributed by atoms with Crippen molar-refractivity contribution >= 4 is 22.7 Å². The summed E-state index contributed by atoms with van der Waals surface area (Å²) in [4.78, 5) is 31.2. The maximum Gasteiger partial charge on any atom is 0.416 e. The van der Waals surface area contributed by atoms with E-state index in [2.05, 4.69) is 15.3 Å². The van der Waals surface area contributed by atoms with E-state index in [4.69, 9.17) is 5.11 Å². The van der Waals surface area contributed by atoms with Crippen LogP contribution in [0.3, 0.4) is 0 Å². The molecule has 0 bridgehead atoms. The highest BCUT2D eigenvalue weighted by Gasteiger charge is 2.34. The number of nitrogens with zero attached hydrogens (tertiary/aromatic N) is 3. The molecule has 2 N–H and O–H groups in total. The van der Waals surface area contributed by atoms with Gasteiger partial charge < -0.3 is 10.4 Å². The quantitative estimate of drug-likeness (QED) is 0.709. The summed E-state index contributed by atoms with van der Waals surface area (Å²) in [5.74, 6) is -0.654. The molecule has 0 radical (unpaired) electrons. The Morgan fingerprint density at radius 3 is 2.57 bits per heavy atom. The van der Waals surface area contributed by atoms with Gasteiger partial charge in [0.15, 0.2) is 0 Å². The highest BCUT2D eigenvalue weighted by molar-refractivity contribution is 5.87. The fraction of sp³-hybridized carbons (Fsp3) is 0.222. The number of halogens is 3. The number of hydrogen-bond donors (Lipinski definition) is 2. The summed E-state index contributed by atoms with van der Waals surface area (Å²) in [5, 5.41) is 11.6. The second kappa shape index (κ2) is 6.95. The number of aryl methyl sites for hydroxylation is 1. The van der Waals surface area contributed by atoms with Crippen LogP contribution in [0.25, 0.3) is 10.9 Å². The number of rotatable bonds is 4. The highest BCUT2D eigenvalue weighted by atomic mass is 19.4. The minimum atomic E-state index is -4.64. The fourth-order valence-corrected chi connectivity index (χ4v) is 2.69. The Balaban J connectivity index is 2.03. The van der Waals surface area contributed by atoms with Gasteiger partial charge >= 0.3 is 12.1 Å². The minimum absolute atomic E-state index is 0.0272. The Kier molecular flexibility index (Phi) is 4.80. The van der Waals surface area contributed by atoms with E-state index >= 15 is 0 Å². The second-order valence-corrected chi connectivity index (χ2v) is 6.14. The Morgan fingerprint density at radius 2 is 2.00 bits per heavy atom. The molecule has 1 aromatic carbocycles. The van der Waals surface area contributed by atoms with Crippen LogP contribution in [0.1, 0.15) is 27.3 Å². The summed E-state index contributed by atoms with van der Waals surface area (Å²) in [6, 6.07) is 4.67. The van der Waals surface area contributed by atoms with Crippen molar-refractivity contribution in [1.29, 1.82) is 0 Å². The molecule has 0 aliphatic rings. The standard InChI is InChI=1S/C18H15F3N4O3/c1-9-24-14-6-13(18(19,20)21)11(5-12(14)16(26)25(9)2)8-23-15-4-3-10(7-22-15)17(27)28/h3-7H,8H2,1-2H3,(H,22,23)(H,27,28). The molecule has 0 amide bonds. The summed E-state index contributed by atoms with van der Waals surface area (Å²) in [7, 11) is 1.49. The van der Waals surface area contributed by atoms with Crippen LogP contribution in [0, 0.1) is 6.92 Å². The van der Waals surface area contributed by atoms with Crippen LogP contribution in [0.2, 0.25) is 0 Å². The van der Waals surface area contributed by atoms with E-state index in [1.807, 2.05) is 0 Å². The summed E-state index contributed by atoms with van der Waals surface area (Å²) >= 11 is 0. The van der Waals surface area contributed by atoms with Crippen molar-refractivity contribution in [2.75, 3.05) is 5.32 Å². The largest absolute Gasteiger partial charge is 0.478 e. The molecule has 3 aromatic rings. The monoisotopic (exact) mass is 392 g/mol. The van der Waals surface area contributed by atoms with Crippen molar-refractivity contribution in [1.82, 2.24) is 14.5 Å². The molecule has 0 saturated heterocycles. The van der Waals surface area contributed by atoms with Gasteiger partial charge in [0.1, 0.15) is 11.6 Å². The van der Waals surface area contributed by atoms with Gasteiger partial charge in [-0.25, -0.2) is 14.8 Å². The van der Waals surface area contributed by atoms with E-state index in [1.165, 1.54) is 36.7 Å². The molecule has 7 nitrogen and oxygen atoms in total. The lowest BCUT2D eigenvalue weighted by Gasteiger charge is -2.16. The summed E-state index contributed by atoms with van der Waals surface area (Å²) in [5.41, 5.74) is -1.57. The molecule has 28 heavy (non-hydrogen) atoms. The number of alkyl halides is 3. The first-order valence-corrected chi connectivity index (χ1v) is 8.08. The first kappa shape index (κ1) is 19.3. The summed E-state index contributed by atoms with van der Waals surface area (Å²) in [6.45, 7) is 1.28. The van der Waals surface area contributed by atoms with Gasteiger partial charge in [-0.15, -0.1) is 0 Å². The van der Waals surface area contributed by atoms with Crippen LogP contribution in [0.15, 0.2) is 35.3 Å². The van der Waals surface area contributed by atoms with E-state index in [1.54, 1.807) is 0 Å². The molecule has 2 aromatic heterocycles. The van der Waals surface area contributed by atoms with Crippen LogP contribution in [-0.4, -0.2) is 25.6 Å². The van der Waals surface area contributed by atoms with Crippen molar-refractivity contribution in [2.45, 2.75) is 19.6 Å². The number of carbonyl (C=O) groups is 1. The van der Waals surface area contributed by atoms with Crippen LogP contribution in [-0.2, 0) is 19.8 Å². The first-order chi connectivity index (χ1) is 13.1. The summed E-state index contributed by atoms with van der Waals surface area (Å²) in [6.07, 6.45) is -3.54. The lowest BCUT2D eigenvalue weighted by atomic mass is 10.0. The topological polar surface area (TPSA) is 97.1 Å². The Morgan fingerprint density at radius 1 is 1.29 bits per heavy atom. The van der Waals surface area contributed by atoms with E-state index in [0.29, 0.717) is 5.82 Å². The van der Waals surface area contributed by atoms with Gasteiger partial charge in [0.05, 0.1) is 22.0 Å². The molecular formula is C18H15F3N4O3. The SMILES string of the molecule is Cc1nc2cc(C(F)(F)F)c(CNc3ccc(C(=O)O)cn3)cc2c(=O)n1C. The molecule has 0 atom stereocenters. The smallest absolute Gasteiger partial charge is 0.416 e. The van der Waals surface area contributed by atoms with Crippen LogP contribution in [0.5, 0.6) is 0 Å². The molecule has 3 rings (SSSR count). The average Bonchev–Trinajstić information content (AvgIpc) is 2.64. The lowest BCUT2D eigenvalue weighted by Crippen LogP contribution is -2.22. The molecular weight excluding hydrogens is 377 g/mol. The number of aromatic carboxylic acids is 1. The predicted octanol–water partition coefficient (Wildman–Crippen LogP) is 2.97. The highest BCUT2D eigenvalue weighted by Crippen LogP contribution is 2.34. The second-order valence-electron chi connectivity index (χ2n) is 6.14. The zero-order valence-electron chi connectivity index (χ0n) is 14.8. The van der Waals surface area contributed by atoms with Crippen molar-refractivity contribution in [2.24, 2.45) is 7.05 Å². The van der Waals surface area contributed by atoms with E-state index in [-0.39, 0.29) is 34.4 Å². The molecule has 2 heterocycles. The average molecular weight is 392 g/mol. The van der Waals surface area contributed by atoms with E-state index in [0.717, 1.165) is 12.3 Å². The molecule has 10 heteroatoms. The number of carboxylic acids is 1. The third-order valence-electron chi connectivity index (χ3n) is 4.30. The Labute approximate surface area is 156 Å². The van der Waals surface area contributed by atoms with Gasteiger partial charge in [-0.3, -0.25) is 9.36 Å². The zero-order chi connectivity index (χ0) is 20.6. The third-order valence-corrected chi connectivity index (χ3v) is 4.30. The number of nitrogens with one attached hydrogen (secondary N) is 1. The van der Waals surface area contributed by atoms with Gasteiger partial charge in [-0.1, -0.05) is 0 Å². The molecule has 0 spiro atoms. The normalized spacial score (nSPS) is 11.6. The number of anilines is 1. The van der Waals surface area contributed by atoms with Crippen molar-refractivity contribution < 1.29 is 23.1 Å². The van der Waals surface area contributed by atoms with Crippen molar-refractivity contribution in [3.63, 3.8) is 0 Å². The molecule has 0 fully saturated rings. The maximum atomic E-state index is 13.5. The zero-order valence-corrected chi connectivity index (χ0v) is 14.8. The van der Waals surface area contributed by atoms with Crippen molar-refractivity contribution in [3.8, 4) is 0 Å². The molecule has 0 saturated carbocycles. The number of benzene rings is 1. The van der Waals surface area contributed by atoms with Crippen LogP contribution < -0.4 is 10.9 Å². The number of aromatic nitrogens is 3. The molecule has 0 unspecified atom stereocenters. The number of carboxylic acid groups (broad SMARTS) is 1. The number of pyridine rings is 1. The lowest BCUT2D eigenvalue weighted by molar-refractivity contribution is -0.138. The van der Waals surface area contributed by atoms with Gasteiger partial charge in [0.2, 0.25) is 0 Å². The predicted molar refractivity (Wildman–Crippen MR) is 95.2 cm³/mol. The first-order valence-electron chi connectivity index (χ1n) is 8.08. The Bertz CT molecular complexity index is 1120. The summed E-state index contributed by atoms with van der Waals surface area (Å²) < 4.78 is 41.8. The van der Waals surface area contributed by atoms with Gasteiger partial charge in [0.25, 0.3) is 5.56 Å². The van der Waals surface area contributed by atoms with E-state index < -0.39 is 23.3 Å². The van der Waals surface area contributed by atoms with Crippen molar-refractivity contribution in [3.05, 3.63) is 63.3 Å². The van der Waals surface area contributed by atoms with Crippen LogP contribution >= 0.6 is 0 Å². The van der Waals surface area contributed by atoms with Gasteiger partial charge in [-0.05, 0) is 36.8 Å². The van der Waals surface area contributed by atoms with Gasteiger partial charge in [-0.2, -0.15) is 13.2 Å². The number of hydrogen-bond acceptors (Lipinski definition) is 5. The Hall–Kier alpha value is -3.43. The molecule has 0 aliphatic carbocycles. The number of fused-ring (bicyclic) bond motifs is 1. The van der Waals surface area contributed by atoms with Gasteiger partial charge in [0, 0.05) is 19.8 Å². The minimum Gasteiger partial charge on any atom is -0.478 e. The molecule has 146 valence electrons. The maximum absolute atomic E-state index is 13.5. The fourth-order valence-electron chi connectivity index (χ4n) is 2.69. The molecule has 0 aliphatic heterocycles.